The number of hydrogen-bond donors (Lipinski definition) is 1. The lowest BCUT2D eigenvalue weighted by molar-refractivity contribution is 0.203. The molecule has 106 valence electrons. The molecule has 1 aliphatic rings. The van der Waals surface area contributed by atoms with Crippen LogP contribution < -0.4 is 5.32 Å². The summed E-state index contributed by atoms with van der Waals surface area (Å²) in [6.07, 6.45) is 2.56. The summed E-state index contributed by atoms with van der Waals surface area (Å²) in [6, 6.07) is 5.14. The highest BCUT2D eigenvalue weighted by Crippen LogP contribution is 2.21. The Labute approximate surface area is 119 Å². The summed E-state index contributed by atoms with van der Waals surface area (Å²) >= 11 is 5.82. The van der Waals surface area contributed by atoms with E-state index in [4.69, 9.17) is 11.6 Å². The van der Waals surface area contributed by atoms with Crippen LogP contribution in [0.2, 0.25) is 5.02 Å². The van der Waals surface area contributed by atoms with Crippen molar-refractivity contribution in [2.24, 2.45) is 5.92 Å². The molecular weight excluding hydrogens is 263 g/mol. The minimum atomic E-state index is -0.355. The van der Waals surface area contributed by atoms with Crippen molar-refractivity contribution in [2.75, 3.05) is 26.7 Å². The van der Waals surface area contributed by atoms with Gasteiger partial charge in [0, 0.05) is 12.6 Å². The van der Waals surface area contributed by atoms with Gasteiger partial charge in [0.1, 0.15) is 5.82 Å². The van der Waals surface area contributed by atoms with E-state index in [1.165, 1.54) is 25.5 Å². The zero-order valence-electron chi connectivity index (χ0n) is 11.6. The molecule has 1 aromatic carbocycles. The quantitative estimate of drug-likeness (QED) is 0.911. The Balaban J connectivity index is 1.86. The van der Waals surface area contributed by atoms with Crippen molar-refractivity contribution >= 4 is 11.6 Å². The average Bonchev–Trinajstić information content (AvgIpc) is 2.39. The van der Waals surface area contributed by atoms with E-state index in [2.05, 4.69) is 24.2 Å². The number of rotatable bonds is 4. The van der Waals surface area contributed by atoms with Gasteiger partial charge in [0.2, 0.25) is 0 Å². The van der Waals surface area contributed by atoms with Crippen LogP contribution in [0.4, 0.5) is 4.39 Å². The standard InChI is InChI=1S/C15H22ClFN2/c1-11(13-5-6-15(17)14(16)8-13)18-9-12-4-3-7-19(2)10-12/h5-6,8,11-12,18H,3-4,7,9-10H2,1-2H3. The normalized spacial score (nSPS) is 22.4. The van der Waals surface area contributed by atoms with E-state index in [9.17, 15) is 4.39 Å². The van der Waals surface area contributed by atoms with E-state index >= 15 is 0 Å². The molecule has 2 nitrogen and oxygen atoms in total. The van der Waals surface area contributed by atoms with Crippen molar-refractivity contribution < 1.29 is 4.39 Å². The number of piperidine rings is 1. The van der Waals surface area contributed by atoms with E-state index in [1.807, 2.05) is 0 Å². The predicted molar refractivity (Wildman–Crippen MR) is 78.0 cm³/mol. The summed E-state index contributed by atoms with van der Waals surface area (Å²) < 4.78 is 13.1. The average molecular weight is 285 g/mol. The lowest BCUT2D eigenvalue weighted by Crippen LogP contribution is -2.37. The van der Waals surface area contributed by atoms with Gasteiger partial charge in [-0.3, -0.25) is 0 Å². The summed E-state index contributed by atoms with van der Waals surface area (Å²) in [4.78, 5) is 2.38. The zero-order valence-corrected chi connectivity index (χ0v) is 12.4. The SMILES string of the molecule is CC(NCC1CCCN(C)C1)c1ccc(F)c(Cl)c1. The van der Waals surface area contributed by atoms with E-state index in [-0.39, 0.29) is 16.9 Å². The highest BCUT2D eigenvalue weighted by Gasteiger charge is 2.18. The molecule has 2 unspecified atom stereocenters. The Hall–Kier alpha value is -0.640. The van der Waals surface area contributed by atoms with Gasteiger partial charge in [0.05, 0.1) is 5.02 Å². The number of benzene rings is 1. The molecule has 1 saturated heterocycles. The topological polar surface area (TPSA) is 15.3 Å². The first kappa shape index (κ1) is 14.8. The van der Waals surface area contributed by atoms with Crippen LogP contribution in [0.5, 0.6) is 0 Å². The Bertz CT molecular complexity index is 425. The van der Waals surface area contributed by atoms with Gasteiger partial charge in [0.25, 0.3) is 0 Å². The second-order valence-electron chi connectivity index (χ2n) is 5.57. The minimum absolute atomic E-state index is 0.198. The second-order valence-corrected chi connectivity index (χ2v) is 5.98. The predicted octanol–water partition coefficient (Wildman–Crippen LogP) is 3.47. The third kappa shape index (κ3) is 4.16. The van der Waals surface area contributed by atoms with Crippen LogP contribution >= 0.6 is 11.6 Å². The number of nitrogens with one attached hydrogen (secondary N) is 1. The fourth-order valence-electron chi connectivity index (χ4n) is 2.68. The molecule has 0 spiro atoms. The molecule has 1 heterocycles. The minimum Gasteiger partial charge on any atom is -0.310 e. The Morgan fingerprint density at radius 2 is 2.32 bits per heavy atom. The molecular formula is C15H22ClFN2. The van der Waals surface area contributed by atoms with Crippen LogP contribution in [0.1, 0.15) is 31.4 Å². The molecule has 0 aromatic heterocycles. The number of nitrogens with zero attached hydrogens (tertiary/aromatic N) is 1. The van der Waals surface area contributed by atoms with Crippen LogP contribution in [-0.2, 0) is 0 Å². The molecule has 0 aliphatic carbocycles. The molecule has 1 N–H and O–H groups in total. The summed E-state index contributed by atoms with van der Waals surface area (Å²) in [6.45, 7) is 5.46. The maximum atomic E-state index is 13.1. The van der Waals surface area contributed by atoms with Gasteiger partial charge in [-0.15, -0.1) is 0 Å². The number of likely N-dealkylation sites (tertiary alicyclic amines) is 1. The third-order valence-electron chi connectivity index (χ3n) is 3.88. The molecule has 1 aliphatic heterocycles. The smallest absolute Gasteiger partial charge is 0.141 e. The fraction of sp³-hybridized carbons (Fsp3) is 0.600. The van der Waals surface area contributed by atoms with E-state index in [0.717, 1.165) is 18.7 Å². The van der Waals surface area contributed by atoms with Crippen LogP contribution in [-0.4, -0.2) is 31.6 Å². The maximum Gasteiger partial charge on any atom is 0.141 e. The molecule has 0 bridgehead atoms. The first-order valence-electron chi connectivity index (χ1n) is 6.93. The first-order chi connectivity index (χ1) is 9.06. The molecule has 0 saturated carbocycles. The van der Waals surface area contributed by atoms with E-state index in [1.54, 1.807) is 12.1 Å². The fourth-order valence-corrected chi connectivity index (χ4v) is 2.87. The molecule has 1 fully saturated rings. The molecule has 2 rings (SSSR count). The largest absolute Gasteiger partial charge is 0.310 e. The van der Waals surface area contributed by atoms with Crippen molar-refractivity contribution in [1.82, 2.24) is 10.2 Å². The molecule has 4 heteroatoms. The number of halogens is 2. The van der Waals surface area contributed by atoms with Gasteiger partial charge in [0.15, 0.2) is 0 Å². The summed E-state index contributed by atoms with van der Waals surface area (Å²) in [5.74, 6) is 0.351. The highest BCUT2D eigenvalue weighted by atomic mass is 35.5. The van der Waals surface area contributed by atoms with Crippen LogP contribution in [0, 0.1) is 11.7 Å². The van der Waals surface area contributed by atoms with E-state index < -0.39 is 0 Å². The van der Waals surface area contributed by atoms with Gasteiger partial charge >= 0.3 is 0 Å². The molecule has 0 radical (unpaired) electrons. The van der Waals surface area contributed by atoms with Gasteiger partial charge in [-0.25, -0.2) is 4.39 Å². The van der Waals surface area contributed by atoms with Crippen molar-refractivity contribution in [3.8, 4) is 0 Å². The van der Waals surface area contributed by atoms with Crippen molar-refractivity contribution in [1.29, 1.82) is 0 Å². The maximum absolute atomic E-state index is 13.1. The lowest BCUT2D eigenvalue weighted by atomic mass is 9.97. The van der Waals surface area contributed by atoms with Crippen molar-refractivity contribution in [2.45, 2.75) is 25.8 Å². The Morgan fingerprint density at radius 1 is 1.53 bits per heavy atom. The molecule has 1 aromatic rings. The Morgan fingerprint density at radius 3 is 3.00 bits per heavy atom. The van der Waals surface area contributed by atoms with Gasteiger partial charge in [-0.05, 0) is 63.5 Å². The van der Waals surface area contributed by atoms with Crippen molar-refractivity contribution in [3.63, 3.8) is 0 Å². The molecule has 2 atom stereocenters. The monoisotopic (exact) mass is 284 g/mol. The molecule has 19 heavy (non-hydrogen) atoms. The van der Waals surface area contributed by atoms with Crippen LogP contribution in [0.3, 0.4) is 0 Å². The van der Waals surface area contributed by atoms with Gasteiger partial charge < -0.3 is 10.2 Å². The van der Waals surface area contributed by atoms with Gasteiger partial charge in [-0.1, -0.05) is 17.7 Å². The van der Waals surface area contributed by atoms with Crippen LogP contribution in [0.15, 0.2) is 18.2 Å². The summed E-state index contributed by atoms with van der Waals surface area (Å²) in [5.41, 5.74) is 1.04. The van der Waals surface area contributed by atoms with Crippen molar-refractivity contribution in [3.05, 3.63) is 34.6 Å². The number of hydrogen-bond acceptors (Lipinski definition) is 2. The lowest BCUT2D eigenvalue weighted by Gasteiger charge is -2.30. The Kier molecular flexibility index (Phi) is 5.20. The van der Waals surface area contributed by atoms with Gasteiger partial charge in [-0.2, -0.15) is 0 Å². The highest BCUT2D eigenvalue weighted by molar-refractivity contribution is 6.30. The third-order valence-corrected chi connectivity index (χ3v) is 4.17. The zero-order chi connectivity index (χ0) is 13.8. The second kappa shape index (κ2) is 6.69. The summed E-state index contributed by atoms with van der Waals surface area (Å²) in [5, 5.41) is 3.73. The van der Waals surface area contributed by atoms with Crippen LogP contribution in [0.25, 0.3) is 0 Å². The van der Waals surface area contributed by atoms with E-state index in [0.29, 0.717) is 5.92 Å². The summed E-state index contributed by atoms with van der Waals surface area (Å²) in [7, 11) is 2.18. The first-order valence-corrected chi connectivity index (χ1v) is 7.31. The molecule has 0 amide bonds.